The van der Waals surface area contributed by atoms with Crippen LogP contribution in [-0.4, -0.2) is 75.6 Å². The van der Waals surface area contributed by atoms with Crippen LogP contribution in [0.15, 0.2) is 0 Å². The SMILES string of the molecule is COCCN(CCSC1CCNCC1)C(C)COC. The molecule has 0 amide bonds. The van der Waals surface area contributed by atoms with Crippen molar-refractivity contribution in [2.24, 2.45) is 0 Å². The molecule has 5 heteroatoms. The van der Waals surface area contributed by atoms with E-state index in [1.807, 2.05) is 0 Å². The first-order valence-electron chi connectivity index (χ1n) is 7.32. The van der Waals surface area contributed by atoms with E-state index >= 15 is 0 Å². The van der Waals surface area contributed by atoms with E-state index in [9.17, 15) is 0 Å². The molecular weight excluding hydrogens is 260 g/mol. The van der Waals surface area contributed by atoms with Crippen molar-refractivity contribution in [2.45, 2.75) is 31.1 Å². The summed E-state index contributed by atoms with van der Waals surface area (Å²) in [6.07, 6.45) is 2.63. The van der Waals surface area contributed by atoms with Crippen molar-refractivity contribution in [3.8, 4) is 0 Å². The van der Waals surface area contributed by atoms with Crippen LogP contribution in [0.25, 0.3) is 0 Å². The zero-order chi connectivity index (χ0) is 13.9. The van der Waals surface area contributed by atoms with Gasteiger partial charge in [-0.3, -0.25) is 4.90 Å². The summed E-state index contributed by atoms with van der Waals surface area (Å²) in [5.41, 5.74) is 0. The lowest BCUT2D eigenvalue weighted by Gasteiger charge is -2.29. The fourth-order valence-electron chi connectivity index (χ4n) is 2.41. The Kier molecular flexibility index (Phi) is 9.91. The van der Waals surface area contributed by atoms with Gasteiger partial charge in [0.25, 0.3) is 0 Å². The van der Waals surface area contributed by atoms with E-state index in [-0.39, 0.29) is 0 Å². The summed E-state index contributed by atoms with van der Waals surface area (Å²) in [5, 5.41) is 4.27. The summed E-state index contributed by atoms with van der Waals surface area (Å²) < 4.78 is 10.5. The Bertz CT molecular complexity index is 214. The fraction of sp³-hybridized carbons (Fsp3) is 1.00. The fourth-order valence-corrected chi connectivity index (χ4v) is 3.65. The van der Waals surface area contributed by atoms with Gasteiger partial charge in [-0.25, -0.2) is 0 Å². The van der Waals surface area contributed by atoms with E-state index in [1.54, 1.807) is 14.2 Å². The number of methoxy groups -OCH3 is 2. The average molecular weight is 290 g/mol. The molecule has 114 valence electrons. The smallest absolute Gasteiger partial charge is 0.0615 e. The normalized spacial score (nSPS) is 18.9. The third kappa shape index (κ3) is 7.51. The summed E-state index contributed by atoms with van der Waals surface area (Å²) in [5.74, 6) is 1.21. The zero-order valence-electron chi connectivity index (χ0n) is 12.7. The number of thioether (sulfide) groups is 1. The molecule has 1 rings (SSSR count). The maximum atomic E-state index is 5.26. The van der Waals surface area contributed by atoms with Crippen LogP contribution in [-0.2, 0) is 9.47 Å². The third-order valence-corrected chi connectivity index (χ3v) is 4.99. The second kappa shape index (κ2) is 10.9. The Balaban J connectivity index is 2.22. The van der Waals surface area contributed by atoms with Crippen LogP contribution in [0.3, 0.4) is 0 Å². The summed E-state index contributed by atoms with van der Waals surface area (Å²) in [4.78, 5) is 2.47. The van der Waals surface area contributed by atoms with Crippen molar-refractivity contribution in [1.29, 1.82) is 0 Å². The standard InChI is InChI=1S/C14H30N2O2S/c1-13(12-18-3)16(8-10-17-2)9-11-19-14-4-6-15-7-5-14/h13-15H,4-12H2,1-3H3. The maximum Gasteiger partial charge on any atom is 0.0615 e. The molecule has 1 N–H and O–H groups in total. The van der Waals surface area contributed by atoms with Gasteiger partial charge < -0.3 is 14.8 Å². The Hall–Kier alpha value is 0.190. The second-order valence-corrected chi connectivity index (χ2v) is 6.56. The number of ether oxygens (including phenoxy) is 2. The van der Waals surface area contributed by atoms with Crippen molar-refractivity contribution in [2.75, 3.05) is 59.4 Å². The van der Waals surface area contributed by atoms with Gasteiger partial charge in [-0.1, -0.05) is 0 Å². The molecule has 4 nitrogen and oxygen atoms in total. The highest BCUT2D eigenvalue weighted by molar-refractivity contribution is 7.99. The minimum Gasteiger partial charge on any atom is -0.383 e. The van der Waals surface area contributed by atoms with Gasteiger partial charge in [0.2, 0.25) is 0 Å². The minimum atomic E-state index is 0.466. The lowest BCUT2D eigenvalue weighted by atomic mass is 10.2. The van der Waals surface area contributed by atoms with Crippen LogP contribution < -0.4 is 5.32 Å². The molecule has 1 saturated heterocycles. The van der Waals surface area contributed by atoms with Crippen LogP contribution in [0.4, 0.5) is 0 Å². The molecule has 0 radical (unpaired) electrons. The van der Waals surface area contributed by atoms with Gasteiger partial charge in [-0.2, -0.15) is 11.8 Å². The molecule has 0 bridgehead atoms. The molecule has 1 aliphatic rings. The number of piperidine rings is 1. The molecular formula is C14H30N2O2S. The van der Waals surface area contributed by atoms with Gasteiger partial charge in [0.1, 0.15) is 0 Å². The van der Waals surface area contributed by atoms with Crippen LogP contribution in [0.5, 0.6) is 0 Å². The van der Waals surface area contributed by atoms with Crippen LogP contribution in [0.1, 0.15) is 19.8 Å². The maximum absolute atomic E-state index is 5.26. The predicted molar refractivity (Wildman–Crippen MR) is 83.1 cm³/mol. The number of nitrogens with one attached hydrogen (secondary N) is 1. The van der Waals surface area contributed by atoms with Crippen LogP contribution in [0.2, 0.25) is 0 Å². The van der Waals surface area contributed by atoms with Gasteiger partial charge in [-0.15, -0.1) is 0 Å². The number of hydrogen-bond donors (Lipinski definition) is 1. The number of hydrogen-bond acceptors (Lipinski definition) is 5. The molecule has 0 aromatic heterocycles. The van der Waals surface area contributed by atoms with Crippen molar-refractivity contribution in [3.05, 3.63) is 0 Å². The lowest BCUT2D eigenvalue weighted by Crippen LogP contribution is -2.40. The summed E-state index contributed by atoms with van der Waals surface area (Å²) in [7, 11) is 3.54. The molecule has 1 unspecified atom stereocenters. The molecule has 1 atom stereocenters. The summed E-state index contributed by atoms with van der Waals surface area (Å²) in [6, 6.07) is 0.466. The van der Waals surface area contributed by atoms with Gasteiger partial charge >= 0.3 is 0 Å². The first-order valence-corrected chi connectivity index (χ1v) is 8.37. The van der Waals surface area contributed by atoms with Gasteiger partial charge in [0, 0.05) is 44.4 Å². The van der Waals surface area contributed by atoms with Crippen LogP contribution in [0, 0.1) is 0 Å². The third-order valence-electron chi connectivity index (χ3n) is 3.63. The van der Waals surface area contributed by atoms with E-state index in [4.69, 9.17) is 9.47 Å². The van der Waals surface area contributed by atoms with E-state index in [2.05, 4.69) is 28.9 Å². The van der Waals surface area contributed by atoms with Gasteiger partial charge in [0.05, 0.1) is 13.2 Å². The van der Waals surface area contributed by atoms with Crippen molar-refractivity contribution < 1.29 is 9.47 Å². The number of rotatable bonds is 10. The van der Waals surface area contributed by atoms with Gasteiger partial charge in [0.15, 0.2) is 0 Å². The predicted octanol–water partition coefficient (Wildman–Crippen LogP) is 1.45. The Morgan fingerprint density at radius 1 is 1.21 bits per heavy atom. The molecule has 1 fully saturated rings. The monoisotopic (exact) mass is 290 g/mol. The highest BCUT2D eigenvalue weighted by atomic mass is 32.2. The van der Waals surface area contributed by atoms with Crippen molar-refractivity contribution in [3.63, 3.8) is 0 Å². The molecule has 0 saturated carbocycles. The molecule has 19 heavy (non-hydrogen) atoms. The van der Waals surface area contributed by atoms with Gasteiger partial charge in [-0.05, 0) is 32.9 Å². The first kappa shape index (κ1) is 17.2. The van der Waals surface area contributed by atoms with E-state index < -0.39 is 0 Å². The van der Waals surface area contributed by atoms with E-state index in [0.717, 1.165) is 31.6 Å². The summed E-state index contributed by atoms with van der Waals surface area (Å²) in [6.45, 7) is 8.31. The quantitative estimate of drug-likeness (QED) is 0.659. The molecule has 1 heterocycles. The zero-order valence-corrected chi connectivity index (χ0v) is 13.5. The highest BCUT2D eigenvalue weighted by Crippen LogP contribution is 2.20. The molecule has 0 aliphatic carbocycles. The van der Waals surface area contributed by atoms with E-state index in [0.29, 0.717) is 6.04 Å². The molecule has 0 aromatic rings. The van der Waals surface area contributed by atoms with E-state index in [1.165, 1.54) is 31.7 Å². The lowest BCUT2D eigenvalue weighted by molar-refractivity contribution is 0.0793. The van der Waals surface area contributed by atoms with Crippen molar-refractivity contribution >= 4 is 11.8 Å². The number of nitrogens with zero attached hydrogens (tertiary/aromatic N) is 1. The summed E-state index contributed by atoms with van der Waals surface area (Å²) >= 11 is 2.13. The minimum absolute atomic E-state index is 0.466. The first-order chi connectivity index (χ1) is 9.27. The Morgan fingerprint density at radius 3 is 2.58 bits per heavy atom. The average Bonchev–Trinajstić information content (AvgIpc) is 2.44. The second-order valence-electron chi connectivity index (χ2n) is 5.15. The Labute approximate surface area is 122 Å². The Morgan fingerprint density at radius 2 is 1.95 bits per heavy atom. The topological polar surface area (TPSA) is 33.7 Å². The molecule has 0 spiro atoms. The molecule has 1 aliphatic heterocycles. The molecule has 0 aromatic carbocycles. The largest absolute Gasteiger partial charge is 0.383 e. The van der Waals surface area contributed by atoms with Crippen molar-refractivity contribution in [1.82, 2.24) is 10.2 Å². The van der Waals surface area contributed by atoms with Crippen LogP contribution >= 0.6 is 11.8 Å². The highest BCUT2D eigenvalue weighted by Gasteiger charge is 2.16.